The summed E-state index contributed by atoms with van der Waals surface area (Å²) in [5, 5.41) is 4.73. The molecule has 0 aliphatic heterocycles. The number of aromatic nitrogens is 5. The topological polar surface area (TPSA) is 55.0 Å². The second kappa shape index (κ2) is 19.2. The Labute approximate surface area is 446 Å². The minimum atomic E-state index is 0.605. The third-order valence-electron chi connectivity index (χ3n) is 14.6. The zero-order valence-corrected chi connectivity index (χ0v) is 42.2. The molecule has 0 aliphatic rings. The van der Waals surface area contributed by atoms with Gasteiger partial charge >= 0.3 is 0 Å². The molecule has 14 aromatic rings. The molecule has 0 fully saturated rings. The van der Waals surface area contributed by atoms with Gasteiger partial charge < -0.3 is 18.9 Å². The normalized spacial score (nSPS) is 11.4. The molecule has 11 aromatic carbocycles. The predicted molar refractivity (Wildman–Crippen MR) is 319 cm³/mol. The molecule has 7 nitrogen and oxygen atoms in total. The Morgan fingerprint density at radius 3 is 0.909 bits per heavy atom. The molecule has 0 radical (unpaired) electrons. The minimum absolute atomic E-state index is 0.605. The van der Waals surface area contributed by atoms with Gasteiger partial charge in [0.1, 0.15) is 0 Å². The first kappa shape index (κ1) is 45.3. The number of benzene rings is 11. The largest absolute Gasteiger partial charge is 0.310 e. The number of para-hydroxylation sites is 6. The molecule has 77 heavy (non-hydrogen) atoms. The molecule has 0 saturated heterocycles. The maximum absolute atomic E-state index is 5.21. The Bertz CT molecular complexity index is 4080. The van der Waals surface area contributed by atoms with Crippen molar-refractivity contribution in [3.63, 3.8) is 0 Å². The second-order valence-electron chi connectivity index (χ2n) is 19.4. The molecule has 0 atom stereocenters. The van der Waals surface area contributed by atoms with Crippen LogP contribution in [-0.4, -0.2) is 24.1 Å². The Hall–Kier alpha value is -10.4. The van der Waals surface area contributed by atoms with Gasteiger partial charge in [-0.1, -0.05) is 139 Å². The van der Waals surface area contributed by atoms with E-state index >= 15 is 0 Å². The molecule has 3 aromatic heterocycles. The summed E-state index contributed by atoms with van der Waals surface area (Å²) in [6.07, 6.45) is 0. The fourth-order valence-corrected chi connectivity index (χ4v) is 10.9. The summed E-state index contributed by atoms with van der Waals surface area (Å²) < 4.78 is 4.71. The number of hydrogen-bond donors (Lipinski definition) is 0. The van der Waals surface area contributed by atoms with E-state index < -0.39 is 0 Å². The van der Waals surface area contributed by atoms with E-state index in [0.29, 0.717) is 17.5 Å². The monoisotopic (exact) mass is 987 g/mol. The first-order chi connectivity index (χ1) is 38.1. The highest BCUT2D eigenvalue weighted by Crippen LogP contribution is 2.42. The van der Waals surface area contributed by atoms with Gasteiger partial charge in [-0.15, -0.1) is 0 Å². The maximum Gasteiger partial charge on any atom is 0.164 e. The van der Waals surface area contributed by atoms with Crippen LogP contribution in [0.3, 0.4) is 0 Å². The lowest BCUT2D eigenvalue weighted by Gasteiger charge is -2.25. The number of anilines is 6. The van der Waals surface area contributed by atoms with Gasteiger partial charge in [0.2, 0.25) is 0 Å². The molecule has 14 rings (SSSR count). The Balaban J connectivity index is 0.831. The van der Waals surface area contributed by atoms with Crippen molar-refractivity contribution in [2.24, 2.45) is 0 Å². The average Bonchev–Trinajstić information content (AvgIpc) is 4.02. The highest BCUT2D eigenvalue weighted by molar-refractivity contribution is 6.12. The zero-order valence-electron chi connectivity index (χ0n) is 42.2. The van der Waals surface area contributed by atoms with E-state index in [9.17, 15) is 0 Å². The molecule has 364 valence electrons. The minimum Gasteiger partial charge on any atom is -0.310 e. The summed E-state index contributed by atoms with van der Waals surface area (Å²) in [4.78, 5) is 20.1. The molecule has 0 aliphatic carbocycles. The summed E-state index contributed by atoms with van der Waals surface area (Å²) in [5.74, 6) is 1.83. The molecule has 0 spiro atoms. The van der Waals surface area contributed by atoms with Crippen LogP contribution in [0.4, 0.5) is 34.1 Å². The third-order valence-corrected chi connectivity index (χ3v) is 14.6. The zero-order chi connectivity index (χ0) is 51.2. The summed E-state index contributed by atoms with van der Waals surface area (Å²) in [5.41, 5.74) is 17.1. The average molecular weight is 988 g/mol. The van der Waals surface area contributed by atoms with Crippen LogP contribution in [0.5, 0.6) is 0 Å². The van der Waals surface area contributed by atoms with Crippen LogP contribution in [-0.2, 0) is 0 Å². The van der Waals surface area contributed by atoms with E-state index in [1.165, 1.54) is 27.1 Å². The van der Waals surface area contributed by atoms with Gasteiger partial charge in [-0.2, -0.15) is 0 Å². The van der Waals surface area contributed by atoms with Crippen molar-refractivity contribution in [1.29, 1.82) is 0 Å². The van der Waals surface area contributed by atoms with E-state index in [-0.39, 0.29) is 0 Å². The first-order valence-corrected chi connectivity index (χ1v) is 26.0. The summed E-state index contributed by atoms with van der Waals surface area (Å²) >= 11 is 0. The van der Waals surface area contributed by atoms with Crippen molar-refractivity contribution in [3.05, 3.63) is 285 Å². The van der Waals surface area contributed by atoms with E-state index in [1.54, 1.807) is 0 Å². The maximum atomic E-state index is 5.21. The van der Waals surface area contributed by atoms with Crippen molar-refractivity contribution in [3.8, 4) is 45.5 Å². The molecule has 3 heterocycles. The summed E-state index contributed by atoms with van der Waals surface area (Å²) in [7, 11) is 0. The molecule has 0 N–H and O–H groups in total. The highest BCUT2D eigenvalue weighted by atomic mass is 15.1. The van der Waals surface area contributed by atoms with E-state index in [4.69, 9.17) is 15.0 Å². The van der Waals surface area contributed by atoms with Crippen molar-refractivity contribution >= 4 is 77.7 Å². The Kier molecular flexibility index (Phi) is 11.3. The van der Waals surface area contributed by atoms with Gasteiger partial charge in [0, 0.05) is 83.7 Å². The quantitative estimate of drug-likeness (QED) is 0.129. The smallest absolute Gasteiger partial charge is 0.164 e. The lowest BCUT2D eigenvalue weighted by Crippen LogP contribution is -2.09. The van der Waals surface area contributed by atoms with Crippen LogP contribution in [0.2, 0.25) is 0 Å². The van der Waals surface area contributed by atoms with Crippen LogP contribution in [0, 0.1) is 6.92 Å². The molecular formula is C70H49N7. The van der Waals surface area contributed by atoms with Gasteiger partial charge in [0.25, 0.3) is 0 Å². The van der Waals surface area contributed by atoms with Crippen LogP contribution in [0.1, 0.15) is 5.56 Å². The number of aryl methyl sites for hydroxylation is 1. The highest BCUT2D eigenvalue weighted by Gasteiger charge is 2.21. The molecular weight excluding hydrogens is 939 g/mol. The summed E-state index contributed by atoms with van der Waals surface area (Å²) in [6.45, 7) is 2.09. The first-order valence-electron chi connectivity index (χ1n) is 26.0. The number of nitrogens with zero attached hydrogens (tertiary/aromatic N) is 7. The van der Waals surface area contributed by atoms with Crippen LogP contribution in [0.15, 0.2) is 279 Å². The molecule has 0 amide bonds. The molecule has 0 unspecified atom stereocenters. The lowest BCUT2D eigenvalue weighted by atomic mass is 10.1. The van der Waals surface area contributed by atoms with E-state index in [1.807, 2.05) is 0 Å². The second-order valence-corrected chi connectivity index (χ2v) is 19.4. The van der Waals surface area contributed by atoms with Gasteiger partial charge in [0.15, 0.2) is 17.5 Å². The van der Waals surface area contributed by atoms with Crippen molar-refractivity contribution < 1.29 is 0 Å². The molecule has 0 saturated carbocycles. The van der Waals surface area contributed by atoms with Crippen molar-refractivity contribution in [2.45, 2.75) is 6.92 Å². The van der Waals surface area contributed by atoms with Gasteiger partial charge in [0.05, 0.1) is 22.1 Å². The number of rotatable bonds is 11. The lowest BCUT2D eigenvalue weighted by molar-refractivity contribution is 1.07. The van der Waals surface area contributed by atoms with Crippen LogP contribution < -0.4 is 9.80 Å². The molecule has 7 heteroatoms. The number of fused-ring (bicyclic) bond motifs is 6. The summed E-state index contributed by atoms with van der Waals surface area (Å²) in [6, 6.07) is 98.8. The fraction of sp³-hybridized carbons (Fsp3) is 0.0143. The fourth-order valence-electron chi connectivity index (χ4n) is 10.9. The predicted octanol–water partition coefficient (Wildman–Crippen LogP) is 18.3. The standard InChI is InChI=1S/C70H49N7/c1-48-30-32-49(33-31-48)68-71-69(50-34-38-56(39-35-50)76-64-28-16-14-26-60(64)62-46-58(42-44-66(62)76)74(52-18-6-2-7-19-52)53-20-8-3-9-21-53)73-70(72-68)51-36-40-57(41-37-51)77-65-29-17-15-27-61(65)63-47-59(43-45-67(63)77)75(54-22-10-4-11-23-54)55-24-12-5-13-25-55/h2-47H,1H3. The number of hydrogen-bond acceptors (Lipinski definition) is 5. The third kappa shape index (κ3) is 8.24. The van der Waals surface area contributed by atoms with E-state index in [2.05, 4.69) is 305 Å². The van der Waals surface area contributed by atoms with Gasteiger partial charge in [-0.05, 0) is 153 Å². The Morgan fingerprint density at radius 2 is 0.558 bits per heavy atom. The van der Waals surface area contributed by atoms with Crippen molar-refractivity contribution in [2.75, 3.05) is 9.80 Å². The van der Waals surface area contributed by atoms with Gasteiger partial charge in [-0.25, -0.2) is 15.0 Å². The van der Waals surface area contributed by atoms with Crippen LogP contribution >= 0.6 is 0 Å². The SMILES string of the molecule is Cc1ccc(-c2nc(-c3ccc(-n4c5ccccc5c5cc(N(c6ccccc6)c6ccccc6)ccc54)cc3)nc(-c3ccc(-n4c5ccccc5c5cc(N(c6ccccc6)c6ccccc6)ccc54)cc3)n2)cc1. The van der Waals surface area contributed by atoms with Gasteiger partial charge in [-0.3, -0.25) is 0 Å². The Morgan fingerprint density at radius 1 is 0.260 bits per heavy atom. The molecule has 0 bridgehead atoms. The van der Waals surface area contributed by atoms with Crippen LogP contribution in [0.25, 0.3) is 89.2 Å². The van der Waals surface area contributed by atoms with Crippen molar-refractivity contribution in [1.82, 2.24) is 24.1 Å². The van der Waals surface area contributed by atoms with E-state index in [0.717, 1.165) is 84.3 Å².